The van der Waals surface area contributed by atoms with Gasteiger partial charge in [-0.2, -0.15) is 0 Å². The maximum absolute atomic E-state index is 13.2. The Morgan fingerprint density at radius 1 is 1.11 bits per heavy atom. The molecule has 1 amide bonds. The highest BCUT2D eigenvalue weighted by Crippen LogP contribution is 2.40. The van der Waals surface area contributed by atoms with Crippen molar-refractivity contribution in [3.05, 3.63) is 96.6 Å². The number of hydrogen-bond acceptors (Lipinski definition) is 6. The second-order valence-electron chi connectivity index (χ2n) is 8.28. The van der Waals surface area contributed by atoms with Crippen molar-refractivity contribution in [2.45, 2.75) is 25.9 Å². The number of aryl methyl sites for hydroxylation is 1. The number of likely N-dealkylation sites (tertiary alicyclic amines) is 1. The smallest absolute Gasteiger partial charge is 0.295 e. The first-order valence-electron chi connectivity index (χ1n) is 11.8. The van der Waals surface area contributed by atoms with Crippen LogP contribution >= 0.6 is 0 Å². The summed E-state index contributed by atoms with van der Waals surface area (Å²) in [5, 5.41) is 11.3. The molecule has 8 heteroatoms. The molecule has 8 nitrogen and oxygen atoms in total. The van der Waals surface area contributed by atoms with Crippen molar-refractivity contribution in [3.63, 3.8) is 0 Å². The number of nitrogens with zero attached hydrogens (tertiary/aromatic N) is 3. The fraction of sp³-hybridized carbons (Fsp3) is 0.250. The van der Waals surface area contributed by atoms with E-state index in [4.69, 9.17) is 9.47 Å². The van der Waals surface area contributed by atoms with Crippen molar-refractivity contribution in [1.29, 1.82) is 0 Å². The van der Waals surface area contributed by atoms with Crippen molar-refractivity contribution in [2.24, 2.45) is 0 Å². The van der Waals surface area contributed by atoms with E-state index in [0.29, 0.717) is 55.4 Å². The summed E-state index contributed by atoms with van der Waals surface area (Å²) in [6.45, 7) is 7.31. The predicted octanol–water partition coefficient (Wildman–Crippen LogP) is 4.36. The van der Waals surface area contributed by atoms with E-state index in [9.17, 15) is 14.7 Å². The third-order valence-corrected chi connectivity index (χ3v) is 5.90. The fourth-order valence-electron chi connectivity index (χ4n) is 4.26. The Kier molecular flexibility index (Phi) is 7.85. The summed E-state index contributed by atoms with van der Waals surface area (Å²) in [5.74, 6) is -0.380. The zero-order valence-electron chi connectivity index (χ0n) is 20.2. The number of carbonyl (C=O) groups excluding carboxylic acids is 2. The number of hydrogen-bond donors (Lipinski definition) is 1. The van der Waals surface area contributed by atoms with E-state index in [1.54, 1.807) is 55.0 Å². The largest absolute Gasteiger partial charge is 0.507 e. The van der Waals surface area contributed by atoms with E-state index >= 15 is 0 Å². The topological polar surface area (TPSA) is 93.9 Å². The van der Waals surface area contributed by atoms with Crippen molar-refractivity contribution < 1.29 is 24.2 Å². The number of rotatable bonds is 11. The van der Waals surface area contributed by atoms with Gasteiger partial charge < -0.3 is 24.0 Å². The molecule has 1 aromatic heterocycles. The SMILES string of the molecule is C=CCOc1ccc(C2C(=C(O)c3cccc(OCC)c3)C(=O)C(=O)N2CCCn2ccnc2)cc1. The number of ether oxygens (including phenoxy) is 2. The Morgan fingerprint density at radius 3 is 2.61 bits per heavy atom. The third kappa shape index (κ3) is 5.33. The van der Waals surface area contributed by atoms with Gasteiger partial charge in [-0.25, -0.2) is 4.98 Å². The first-order valence-corrected chi connectivity index (χ1v) is 11.8. The number of Topliss-reactive ketones (excluding diaryl/α,β-unsaturated/α-hetero) is 1. The molecule has 2 heterocycles. The second kappa shape index (κ2) is 11.4. The molecule has 1 aliphatic heterocycles. The summed E-state index contributed by atoms with van der Waals surface area (Å²) in [7, 11) is 0. The molecule has 4 rings (SSSR count). The molecule has 1 unspecified atom stereocenters. The summed E-state index contributed by atoms with van der Waals surface area (Å²) >= 11 is 0. The fourth-order valence-corrected chi connectivity index (χ4v) is 4.26. The molecule has 186 valence electrons. The highest BCUT2D eigenvalue weighted by molar-refractivity contribution is 6.46. The van der Waals surface area contributed by atoms with Crippen LogP contribution in [-0.4, -0.2) is 51.0 Å². The van der Waals surface area contributed by atoms with Crippen molar-refractivity contribution in [1.82, 2.24) is 14.5 Å². The quantitative estimate of drug-likeness (QED) is 0.187. The summed E-state index contributed by atoms with van der Waals surface area (Å²) < 4.78 is 13.0. The lowest BCUT2D eigenvalue weighted by molar-refractivity contribution is -0.139. The minimum absolute atomic E-state index is 0.0519. The molecule has 1 fully saturated rings. The van der Waals surface area contributed by atoms with Gasteiger partial charge in [0.2, 0.25) is 0 Å². The predicted molar refractivity (Wildman–Crippen MR) is 136 cm³/mol. The molecule has 0 saturated carbocycles. The van der Waals surface area contributed by atoms with Gasteiger partial charge in [-0.1, -0.05) is 36.9 Å². The van der Waals surface area contributed by atoms with E-state index in [0.717, 1.165) is 0 Å². The number of imidazole rings is 1. The van der Waals surface area contributed by atoms with Gasteiger partial charge in [0.05, 0.1) is 24.5 Å². The lowest BCUT2D eigenvalue weighted by atomic mass is 9.95. The standard InChI is InChI=1S/C28H29N3O5/c1-3-17-36-22-11-9-20(10-12-22)25-24(26(32)21-7-5-8-23(18-21)35-4-2)27(33)28(34)31(25)15-6-14-30-16-13-29-19-30/h3,5,7-13,16,18-19,25,32H,1,4,6,14-15,17H2,2H3. The molecule has 0 bridgehead atoms. The van der Waals surface area contributed by atoms with Gasteiger partial charge in [-0.15, -0.1) is 0 Å². The zero-order chi connectivity index (χ0) is 25.5. The highest BCUT2D eigenvalue weighted by atomic mass is 16.5. The highest BCUT2D eigenvalue weighted by Gasteiger charge is 2.45. The van der Waals surface area contributed by atoms with Crippen LogP contribution in [0.2, 0.25) is 0 Å². The molecule has 1 atom stereocenters. The summed E-state index contributed by atoms with van der Waals surface area (Å²) in [5.41, 5.74) is 1.16. The Bertz CT molecular complexity index is 1250. The minimum atomic E-state index is -0.739. The van der Waals surface area contributed by atoms with Crippen LogP contribution in [0.15, 0.2) is 85.5 Å². The second-order valence-corrected chi connectivity index (χ2v) is 8.28. The van der Waals surface area contributed by atoms with Crippen LogP contribution in [0.5, 0.6) is 11.5 Å². The number of carbonyl (C=O) groups is 2. The van der Waals surface area contributed by atoms with Gasteiger partial charge in [-0.05, 0) is 43.2 Å². The molecule has 2 aromatic carbocycles. The van der Waals surface area contributed by atoms with Gasteiger partial charge in [0.1, 0.15) is 23.9 Å². The molecule has 0 spiro atoms. The van der Waals surface area contributed by atoms with Crippen LogP contribution in [0.4, 0.5) is 0 Å². The first-order chi connectivity index (χ1) is 17.5. The van der Waals surface area contributed by atoms with Crippen LogP contribution in [0.1, 0.15) is 30.5 Å². The lowest BCUT2D eigenvalue weighted by Gasteiger charge is -2.25. The number of aliphatic hydroxyl groups excluding tert-OH is 1. The van der Waals surface area contributed by atoms with Crippen molar-refractivity contribution in [2.75, 3.05) is 19.8 Å². The van der Waals surface area contributed by atoms with Crippen molar-refractivity contribution >= 4 is 17.4 Å². The molecule has 1 saturated heterocycles. The molecule has 3 aromatic rings. The number of benzene rings is 2. The maximum atomic E-state index is 13.2. The van der Waals surface area contributed by atoms with Gasteiger partial charge in [-0.3, -0.25) is 9.59 Å². The van der Waals surface area contributed by atoms with Crippen LogP contribution in [0.25, 0.3) is 5.76 Å². The molecule has 0 radical (unpaired) electrons. The van der Waals surface area contributed by atoms with Gasteiger partial charge in [0.25, 0.3) is 11.7 Å². The van der Waals surface area contributed by atoms with Crippen LogP contribution in [-0.2, 0) is 16.1 Å². The monoisotopic (exact) mass is 487 g/mol. The van der Waals surface area contributed by atoms with Crippen LogP contribution in [0.3, 0.4) is 0 Å². The molecule has 0 aliphatic carbocycles. The van der Waals surface area contributed by atoms with E-state index in [2.05, 4.69) is 11.6 Å². The van der Waals surface area contributed by atoms with Gasteiger partial charge in [0, 0.05) is 31.0 Å². The Hall–Kier alpha value is -4.33. The van der Waals surface area contributed by atoms with E-state index in [1.807, 2.05) is 29.8 Å². The minimum Gasteiger partial charge on any atom is -0.507 e. The molecule has 1 aliphatic rings. The third-order valence-electron chi connectivity index (χ3n) is 5.90. The van der Waals surface area contributed by atoms with Crippen LogP contribution < -0.4 is 9.47 Å². The summed E-state index contributed by atoms with van der Waals surface area (Å²) in [6.07, 6.45) is 7.51. The molecule has 1 N–H and O–H groups in total. The average Bonchev–Trinajstić information content (AvgIpc) is 3.50. The number of aromatic nitrogens is 2. The van der Waals surface area contributed by atoms with E-state index in [-0.39, 0.29) is 11.3 Å². The Balaban J connectivity index is 1.71. The van der Waals surface area contributed by atoms with Gasteiger partial charge in [0.15, 0.2) is 0 Å². The zero-order valence-corrected chi connectivity index (χ0v) is 20.2. The molecular weight excluding hydrogens is 458 g/mol. The summed E-state index contributed by atoms with van der Waals surface area (Å²) in [6, 6.07) is 13.3. The maximum Gasteiger partial charge on any atom is 0.295 e. The normalized spacial score (nSPS) is 16.8. The number of amides is 1. The lowest BCUT2D eigenvalue weighted by Crippen LogP contribution is -2.31. The first kappa shape index (κ1) is 24.8. The number of ketones is 1. The summed E-state index contributed by atoms with van der Waals surface area (Å²) in [4.78, 5) is 32.0. The number of aliphatic hydroxyl groups is 1. The Labute approximate surface area is 210 Å². The van der Waals surface area contributed by atoms with Crippen molar-refractivity contribution in [3.8, 4) is 11.5 Å². The average molecular weight is 488 g/mol. The molecular formula is C28H29N3O5. The van der Waals surface area contributed by atoms with Crippen LogP contribution in [0, 0.1) is 0 Å². The molecule has 36 heavy (non-hydrogen) atoms. The van der Waals surface area contributed by atoms with E-state index < -0.39 is 17.7 Å². The van der Waals surface area contributed by atoms with E-state index in [1.165, 1.54) is 4.90 Å². The Morgan fingerprint density at radius 2 is 1.92 bits per heavy atom. The van der Waals surface area contributed by atoms with Gasteiger partial charge >= 0.3 is 0 Å².